The van der Waals surface area contributed by atoms with Crippen molar-refractivity contribution in [2.24, 2.45) is 5.92 Å². The molecule has 0 saturated carbocycles. The number of aromatic nitrogens is 1. The standard InChI is InChI=1S/C72H54N4/c1-4-51-47-67-50(3)46-62(44-45-73(55-22-10-6-11-23-55)71(67)65-32-20-18-30-63(51)65)75(57-26-14-8-15-27-57)60-40-36-54(37-41-60)53-34-38-59(39-35-53)74(56-24-12-7-13-25-56)61-42-43-70-68(49-61)69-48-52(5-2)64-31-19-21-33-66(64)72(69)76(70)58-28-16-9-17-29-58/h4-49,64,66H,1-3H2/b45-44-,62-46+. The molecule has 0 saturated heterocycles. The normalized spacial score (nSPS) is 16.6. The van der Waals surface area contributed by atoms with Crippen molar-refractivity contribution in [3.8, 4) is 16.8 Å². The van der Waals surface area contributed by atoms with Gasteiger partial charge in [-0.15, -0.1) is 0 Å². The second-order valence-corrected chi connectivity index (χ2v) is 19.5. The molecule has 2 unspecified atom stereocenters. The Morgan fingerprint density at radius 1 is 0.461 bits per heavy atom. The Kier molecular flexibility index (Phi) is 11.8. The number of rotatable bonds is 11. The van der Waals surface area contributed by atoms with Gasteiger partial charge in [-0.1, -0.05) is 178 Å². The van der Waals surface area contributed by atoms with Crippen molar-refractivity contribution in [2.45, 2.75) is 5.92 Å². The van der Waals surface area contributed by atoms with Gasteiger partial charge in [-0.25, -0.2) is 0 Å². The van der Waals surface area contributed by atoms with E-state index in [1.54, 1.807) is 0 Å². The quantitative estimate of drug-likeness (QED) is 0.128. The third-order valence-corrected chi connectivity index (χ3v) is 15.2. The predicted octanol–water partition coefficient (Wildman–Crippen LogP) is 19.4. The number of fused-ring (bicyclic) bond motifs is 8. The van der Waals surface area contributed by atoms with Crippen LogP contribution in [0.5, 0.6) is 0 Å². The van der Waals surface area contributed by atoms with Gasteiger partial charge in [0.2, 0.25) is 0 Å². The van der Waals surface area contributed by atoms with Crippen LogP contribution in [0.2, 0.25) is 0 Å². The molecule has 0 fully saturated rings. The van der Waals surface area contributed by atoms with Crippen molar-refractivity contribution in [3.63, 3.8) is 0 Å². The highest BCUT2D eigenvalue weighted by molar-refractivity contribution is 6.07. The first kappa shape index (κ1) is 45.9. The van der Waals surface area contributed by atoms with Crippen LogP contribution in [-0.4, -0.2) is 4.57 Å². The zero-order valence-electron chi connectivity index (χ0n) is 42.1. The Bertz CT molecular complexity index is 4020. The molecule has 0 spiro atoms. The van der Waals surface area contributed by atoms with E-state index in [2.05, 4.69) is 300 Å². The van der Waals surface area contributed by atoms with Crippen LogP contribution in [0.4, 0.5) is 39.8 Å². The molecule has 0 bridgehead atoms. The number of nitrogens with zero attached hydrogens (tertiary/aromatic N) is 4. The van der Waals surface area contributed by atoms with E-state index < -0.39 is 0 Å². The molecule has 76 heavy (non-hydrogen) atoms. The van der Waals surface area contributed by atoms with Gasteiger partial charge in [-0.05, 0) is 149 Å². The molecular weight excluding hydrogens is 921 g/mol. The molecule has 1 aliphatic heterocycles. The summed E-state index contributed by atoms with van der Waals surface area (Å²) in [5.41, 5.74) is 19.9. The number of allylic oxidation sites excluding steroid dienone is 9. The fraction of sp³-hybridized carbons (Fsp3) is 0.0278. The minimum Gasteiger partial charge on any atom is -0.316 e. The molecule has 0 N–H and O–H groups in total. The maximum Gasteiger partial charge on any atom is 0.0612 e. The summed E-state index contributed by atoms with van der Waals surface area (Å²) in [6.07, 6.45) is 22.0. The van der Waals surface area contributed by atoms with E-state index >= 15 is 0 Å². The molecule has 1 aromatic heterocycles. The van der Waals surface area contributed by atoms with E-state index in [9.17, 15) is 0 Å². The predicted molar refractivity (Wildman–Crippen MR) is 324 cm³/mol. The Morgan fingerprint density at radius 3 is 1.63 bits per heavy atom. The summed E-state index contributed by atoms with van der Waals surface area (Å²) in [5, 5.41) is 3.50. The molecule has 13 rings (SSSR count). The molecule has 9 aromatic carbocycles. The lowest BCUT2D eigenvalue weighted by Gasteiger charge is -2.31. The molecule has 4 heteroatoms. The fourth-order valence-electron chi connectivity index (χ4n) is 11.6. The fourth-order valence-corrected chi connectivity index (χ4v) is 11.6. The molecule has 362 valence electrons. The van der Waals surface area contributed by atoms with E-state index in [-0.39, 0.29) is 11.8 Å². The molecule has 0 radical (unpaired) electrons. The number of hydrogen-bond donors (Lipinski definition) is 0. The highest BCUT2D eigenvalue weighted by Gasteiger charge is 2.34. The van der Waals surface area contributed by atoms with Crippen molar-refractivity contribution in [2.75, 3.05) is 14.7 Å². The van der Waals surface area contributed by atoms with Crippen LogP contribution in [0.3, 0.4) is 0 Å². The minimum absolute atomic E-state index is 0.189. The average molecular weight is 975 g/mol. The van der Waals surface area contributed by atoms with Gasteiger partial charge in [0.05, 0.1) is 11.2 Å². The van der Waals surface area contributed by atoms with Crippen LogP contribution in [0.25, 0.3) is 56.2 Å². The van der Waals surface area contributed by atoms with Crippen LogP contribution in [0.15, 0.2) is 298 Å². The summed E-state index contributed by atoms with van der Waals surface area (Å²) in [7, 11) is 0. The molecular formula is C72H54N4. The molecule has 2 aliphatic carbocycles. The summed E-state index contributed by atoms with van der Waals surface area (Å²) >= 11 is 0. The lowest BCUT2D eigenvalue weighted by Crippen LogP contribution is -2.20. The van der Waals surface area contributed by atoms with Crippen molar-refractivity contribution < 1.29 is 0 Å². The van der Waals surface area contributed by atoms with Gasteiger partial charge >= 0.3 is 0 Å². The van der Waals surface area contributed by atoms with E-state index in [4.69, 9.17) is 6.58 Å². The van der Waals surface area contributed by atoms with Crippen LogP contribution >= 0.6 is 0 Å². The number of para-hydroxylation sites is 4. The number of hydrogen-bond acceptors (Lipinski definition) is 3. The largest absolute Gasteiger partial charge is 0.316 e. The molecule has 4 nitrogen and oxygen atoms in total. The van der Waals surface area contributed by atoms with E-state index in [0.717, 1.165) is 89.8 Å². The number of benzene rings is 9. The topological polar surface area (TPSA) is 14.7 Å². The first-order valence-electron chi connectivity index (χ1n) is 26.0. The number of anilines is 7. The SMILES string of the molecule is C=CC1=Cc2c(n(-c3ccccc3)c3ccc(N(c4ccccc4)c4ccc(-c5ccc(N(C6=C/C(=C)c7cc(C=C)c8ccccc8c7N(c7ccccc7)/C=C\6)c6ccccc6)cc5)cc4)cc23)C2C=CC=CC12. The van der Waals surface area contributed by atoms with Crippen molar-refractivity contribution in [1.29, 1.82) is 0 Å². The van der Waals surface area contributed by atoms with Crippen LogP contribution in [0, 0.1) is 5.92 Å². The zero-order chi connectivity index (χ0) is 51.1. The van der Waals surface area contributed by atoms with E-state index in [1.165, 1.54) is 27.7 Å². The second-order valence-electron chi connectivity index (χ2n) is 19.5. The van der Waals surface area contributed by atoms with Crippen molar-refractivity contribution >= 4 is 79.2 Å². The maximum atomic E-state index is 4.75. The summed E-state index contributed by atoms with van der Waals surface area (Å²) < 4.78 is 2.47. The highest BCUT2D eigenvalue weighted by Crippen LogP contribution is 2.49. The smallest absolute Gasteiger partial charge is 0.0612 e. The first-order chi connectivity index (χ1) is 37.5. The van der Waals surface area contributed by atoms with Gasteiger partial charge in [0.15, 0.2) is 0 Å². The summed E-state index contributed by atoms with van der Waals surface area (Å²) in [6.45, 7) is 13.2. The van der Waals surface area contributed by atoms with Crippen LogP contribution in [-0.2, 0) is 0 Å². The third-order valence-electron chi connectivity index (χ3n) is 15.2. The first-order valence-corrected chi connectivity index (χ1v) is 26.0. The third kappa shape index (κ3) is 8.05. The van der Waals surface area contributed by atoms with Gasteiger partial charge in [0.1, 0.15) is 0 Å². The Balaban J connectivity index is 0.871. The van der Waals surface area contributed by atoms with Gasteiger partial charge in [-0.3, -0.25) is 0 Å². The average Bonchev–Trinajstić information content (AvgIpc) is 3.88. The van der Waals surface area contributed by atoms with Gasteiger partial charge in [0.25, 0.3) is 0 Å². The van der Waals surface area contributed by atoms with Gasteiger partial charge in [0, 0.05) is 91.1 Å². The lowest BCUT2D eigenvalue weighted by atomic mass is 9.75. The zero-order valence-corrected chi connectivity index (χ0v) is 42.1. The molecule has 10 aromatic rings. The highest BCUT2D eigenvalue weighted by atomic mass is 15.2. The summed E-state index contributed by atoms with van der Waals surface area (Å²) in [4.78, 5) is 6.97. The summed E-state index contributed by atoms with van der Waals surface area (Å²) in [5.74, 6) is 0.425. The van der Waals surface area contributed by atoms with Crippen molar-refractivity contribution in [1.82, 2.24) is 4.57 Å². The van der Waals surface area contributed by atoms with E-state index in [0.29, 0.717) is 0 Å². The van der Waals surface area contributed by atoms with Crippen molar-refractivity contribution in [3.05, 3.63) is 321 Å². The Morgan fingerprint density at radius 2 is 1.00 bits per heavy atom. The van der Waals surface area contributed by atoms with Crippen LogP contribution < -0.4 is 14.7 Å². The molecule has 3 aliphatic rings. The second kappa shape index (κ2) is 19.5. The lowest BCUT2D eigenvalue weighted by molar-refractivity contribution is 0.641. The Labute approximate surface area is 445 Å². The summed E-state index contributed by atoms with van der Waals surface area (Å²) in [6, 6.07) is 78.2. The van der Waals surface area contributed by atoms with Crippen LogP contribution in [0.1, 0.15) is 28.3 Å². The molecule has 2 heterocycles. The Hall–Kier alpha value is -9.90. The minimum atomic E-state index is 0.189. The maximum absolute atomic E-state index is 4.75. The monoisotopic (exact) mass is 974 g/mol. The molecule has 0 amide bonds. The molecule has 2 atom stereocenters. The van der Waals surface area contributed by atoms with Gasteiger partial charge < -0.3 is 19.3 Å². The van der Waals surface area contributed by atoms with Gasteiger partial charge in [-0.2, -0.15) is 0 Å². The van der Waals surface area contributed by atoms with E-state index in [1.807, 2.05) is 12.2 Å².